The van der Waals surface area contributed by atoms with E-state index < -0.39 is 9.58 Å². The maximum absolute atomic E-state index is 12.2. The number of nitrogens with zero attached hydrogens (tertiary/aromatic N) is 4. The van der Waals surface area contributed by atoms with Crippen LogP contribution in [-0.2, 0) is 0 Å². The van der Waals surface area contributed by atoms with Crippen molar-refractivity contribution in [3.05, 3.63) is 21.5 Å². The molecule has 0 aliphatic heterocycles. The molecule has 0 radical (unpaired) electrons. The summed E-state index contributed by atoms with van der Waals surface area (Å²) in [4.78, 5) is 15.1. The van der Waals surface area contributed by atoms with Gasteiger partial charge in [0, 0.05) is 9.77 Å². The zero-order valence-electron chi connectivity index (χ0n) is 10.6. The Hall–Kier alpha value is -0.540. The van der Waals surface area contributed by atoms with Gasteiger partial charge >= 0.3 is 0 Å². The van der Waals surface area contributed by atoms with Crippen LogP contribution in [0.2, 0.25) is 0 Å². The number of carbonyl (C=O) groups excluding carboxylic acids is 1. The summed E-state index contributed by atoms with van der Waals surface area (Å²) in [7, 11) is 0. The standard InChI is InChI=1S/C10H11Cl3IN6O/c11-10(12,13)9(21)8-3-6(14)5-20(8)7(1-2-17-15)4-18-19-16/h3,5,7,15-16H,1-2,4H2/q+1/t7-/m0/s1. The van der Waals surface area contributed by atoms with Crippen LogP contribution in [0.15, 0.2) is 22.5 Å². The number of aromatic nitrogens is 1. The lowest BCUT2D eigenvalue weighted by atomic mass is 10.2. The second kappa shape index (κ2) is 8.19. The summed E-state index contributed by atoms with van der Waals surface area (Å²) in [5.74, 6) is -0.647. The van der Waals surface area contributed by atoms with Crippen molar-refractivity contribution >= 4 is 63.2 Å². The lowest BCUT2D eigenvalue weighted by Crippen LogP contribution is -2.25. The molecule has 0 spiro atoms. The zero-order chi connectivity index (χ0) is 16.0. The second-order valence-electron chi connectivity index (χ2n) is 4.03. The van der Waals surface area contributed by atoms with Gasteiger partial charge in [0.15, 0.2) is 0 Å². The van der Waals surface area contributed by atoms with E-state index in [9.17, 15) is 4.79 Å². The van der Waals surface area contributed by atoms with E-state index in [1.807, 2.05) is 22.6 Å². The summed E-state index contributed by atoms with van der Waals surface area (Å²) in [5, 5.41) is 6.92. The Kier molecular flexibility index (Phi) is 7.22. The molecule has 0 saturated heterocycles. The Morgan fingerprint density at radius 1 is 1.52 bits per heavy atom. The predicted octanol–water partition coefficient (Wildman–Crippen LogP) is 4.16. The fraction of sp³-hybridized carbons (Fsp3) is 0.500. The number of rotatable bonds is 7. The van der Waals surface area contributed by atoms with Crippen molar-refractivity contribution in [2.75, 3.05) is 13.1 Å². The SMILES string of the molecule is N=NCC[C@@H](CN=[N+]=N)n1cc(I)cc1C(=O)C(Cl)(Cl)Cl. The van der Waals surface area contributed by atoms with Gasteiger partial charge in [-0.2, -0.15) is 5.11 Å². The molecule has 1 rings (SSSR count). The van der Waals surface area contributed by atoms with Crippen LogP contribution >= 0.6 is 57.4 Å². The zero-order valence-corrected chi connectivity index (χ0v) is 15.0. The average Bonchev–Trinajstić information content (AvgIpc) is 2.78. The van der Waals surface area contributed by atoms with Gasteiger partial charge < -0.3 is 4.57 Å². The Morgan fingerprint density at radius 2 is 2.19 bits per heavy atom. The third-order valence-electron chi connectivity index (χ3n) is 2.64. The number of hydrogen-bond acceptors (Lipinski definition) is 5. The van der Waals surface area contributed by atoms with Crippen LogP contribution in [0.4, 0.5) is 0 Å². The van der Waals surface area contributed by atoms with E-state index in [0.29, 0.717) is 6.42 Å². The normalized spacial score (nSPS) is 12.6. The molecule has 2 N–H and O–H groups in total. The van der Waals surface area contributed by atoms with E-state index in [4.69, 9.17) is 45.9 Å². The molecule has 0 amide bonds. The first-order valence-electron chi connectivity index (χ1n) is 5.66. The van der Waals surface area contributed by atoms with Gasteiger partial charge in [0.25, 0.3) is 3.79 Å². The summed E-state index contributed by atoms with van der Waals surface area (Å²) in [6.07, 6.45) is 2.17. The van der Waals surface area contributed by atoms with E-state index in [2.05, 4.69) is 15.1 Å². The van der Waals surface area contributed by atoms with Gasteiger partial charge in [-0.1, -0.05) is 34.8 Å². The van der Waals surface area contributed by atoms with Gasteiger partial charge in [-0.25, -0.2) is 5.53 Å². The molecule has 0 aliphatic carbocycles. The number of carbonyl (C=O) groups is 1. The smallest absolute Gasteiger partial charge is 0.255 e. The number of hydrogen-bond donors (Lipinski definition) is 2. The number of halogens is 4. The topological polar surface area (TPSA) is 109 Å². The van der Waals surface area contributed by atoms with Crippen molar-refractivity contribution in [1.29, 1.82) is 11.1 Å². The highest BCUT2D eigenvalue weighted by Gasteiger charge is 2.35. The van der Waals surface area contributed by atoms with Crippen LogP contribution < -0.4 is 4.91 Å². The Labute approximate surface area is 149 Å². The van der Waals surface area contributed by atoms with E-state index in [1.54, 1.807) is 16.8 Å². The Balaban J connectivity index is 3.21. The second-order valence-corrected chi connectivity index (χ2v) is 7.55. The maximum Gasteiger partial charge on any atom is 0.255 e. The van der Waals surface area contributed by atoms with Gasteiger partial charge in [-0.15, -0.1) is 0 Å². The van der Waals surface area contributed by atoms with Gasteiger partial charge in [0.05, 0.1) is 18.3 Å². The molecule has 0 fully saturated rings. The lowest BCUT2D eigenvalue weighted by molar-refractivity contribution is 0.0985. The Bertz CT molecular complexity index is 578. The molecule has 0 saturated carbocycles. The molecule has 7 nitrogen and oxygen atoms in total. The van der Waals surface area contributed by atoms with Crippen molar-refractivity contribution in [2.24, 2.45) is 10.2 Å². The molecule has 0 aliphatic rings. The van der Waals surface area contributed by atoms with Crippen molar-refractivity contribution in [2.45, 2.75) is 16.3 Å². The highest BCUT2D eigenvalue weighted by molar-refractivity contribution is 14.1. The molecular weight excluding hydrogens is 453 g/mol. The van der Waals surface area contributed by atoms with Gasteiger partial charge in [-0.3, -0.25) is 4.79 Å². The average molecular weight is 465 g/mol. The van der Waals surface area contributed by atoms with Crippen molar-refractivity contribution < 1.29 is 4.79 Å². The van der Waals surface area contributed by atoms with E-state index >= 15 is 0 Å². The molecular formula is C10H11Cl3IN6O+. The fourth-order valence-electron chi connectivity index (χ4n) is 1.74. The number of nitrogens with one attached hydrogen (secondary N) is 2. The molecule has 0 bridgehead atoms. The molecule has 0 aromatic carbocycles. The largest absolute Gasteiger partial charge is 0.339 e. The monoisotopic (exact) mass is 463 g/mol. The molecule has 1 aromatic rings. The van der Waals surface area contributed by atoms with E-state index in [1.165, 1.54) is 0 Å². The predicted molar refractivity (Wildman–Crippen MR) is 87.6 cm³/mol. The molecule has 1 atom stereocenters. The molecule has 0 unspecified atom stereocenters. The number of ketones is 1. The van der Waals surface area contributed by atoms with Crippen LogP contribution in [0.1, 0.15) is 23.0 Å². The maximum atomic E-state index is 12.2. The Morgan fingerprint density at radius 3 is 2.71 bits per heavy atom. The lowest BCUT2D eigenvalue weighted by Gasteiger charge is -2.18. The van der Waals surface area contributed by atoms with Gasteiger partial charge in [-0.05, 0) is 35.1 Å². The summed E-state index contributed by atoms with van der Waals surface area (Å²) < 4.78 is 0.368. The van der Waals surface area contributed by atoms with Crippen LogP contribution in [0.25, 0.3) is 0 Å². The van der Waals surface area contributed by atoms with Crippen LogP contribution in [-0.4, -0.2) is 27.2 Å². The minimum absolute atomic E-state index is 0.171. The van der Waals surface area contributed by atoms with Crippen LogP contribution in [0, 0.1) is 14.6 Å². The molecule has 1 heterocycles. The highest BCUT2D eigenvalue weighted by atomic mass is 127. The summed E-state index contributed by atoms with van der Waals surface area (Å²) in [6.45, 7) is 0.429. The molecule has 11 heteroatoms. The van der Waals surface area contributed by atoms with Crippen molar-refractivity contribution in [3.63, 3.8) is 0 Å². The summed E-state index contributed by atoms with van der Waals surface area (Å²) in [5.41, 5.74) is 13.8. The minimum Gasteiger partial charge on any atom is -0.339 e. The third-order valence-corrected chi connectivity index (χ3v) is 3.74. The fourth-order valence-corrected chi connectivity index (χ4v) is 2.63. The van der Waals surface area contributed by atoms with Crippen LogP contribution in [0.5, 0.6) is 0 Å². The van der Waals surface area contributed by atoms with Crippen molar-refractivity contribution in [3.8, 4) is 0 Å². The van der Waals surface area contributed by atoms with Crippen LogP contribution in [0.3, 0.4) is 0 Å². The summed E-state index contributed by atoms with van der Waals surface area (Å²) in [6, 6.07) is 1.30. The highest BCUT2D eigenvalue weighted by Crippen LogP contribution is 2.32. The van der Waals surface area contributed by atoms with E-state index in [-0.39, 0.29) is 24.8 Å². The number of alkyl halides is 3. The first kappa shape index (κ1) is 18.5. The van der Waals surface area contributed by atoms with Gasteiger partial charge in [0.1, 0.15) is 17.2 Å². The first-order valence-corrected chi connectivity index (χ1v) is 7.87. The third kappa shape index (κ3) is 5.30. The molecule has 114 valence electrons. The minimum atomic E-state index is -2.06. The van der Waals surface area contributed by atoms with Gasteiger partial charge in [0.2, 0.25) is 10.7 Å². The van der Waals surface area contributed by atoms with Crippen molar-refractivity contribution in [1.82, 2.24) is 9.48 Å². The molecule has 21 heavy (non-hydrogen) atoms. The number of Topliss-reactive ketones (excluding diaryl/α,β-unsaturated/α-hetero) is 1. The molecule has 1 aromatic heterocycles. The van der Waals surface area contributed by atoms with E-state index in [0.717, 1.165) is 3.57 Å². The summed E-state index contributed by atoms with van der Waals surface area (Å²) >= 11 is 19.0. The first-order chi connectivity index (χ1) is 9.81. The quantitative estimate of drug-likeness (QED) is 0.204.